The van der Waals surface area contributed by atoms with Gasteiger partial charge in [0.05, 0.1) is 30.9 Å². The maximum absolute atomic E-state index is 14.2. The van der Waals surface area contributed by atoms with Crippen molar-refractivity contribution in [2.24, 2.45) is 17.3 Å². The number of nitrogens with zero attached hydrogens (tertiary/aromatic N) is 2. The third-order valence-electron chi connectivity index (χ3n) is 9.26. The highest BCUT2D eigenvalue weighted by Gasteiger charge is 2.49. The Hall–Kier alpha value is -3.50. The first-order valence-electron chi connectivity index (χ1n) is 16.6. The fourth-order valence-corrected chi connectivity index (χ4v) is 6.34. The summed E-state index contributed by atoms with van der Waals surface area (Å²) in [5.41, 5.74) is 0.175. The molecule has 0 bridgehead atoms. The van der Waals surface area contributed by atoms with Gasteiger partial charge in [-0.3, -0.25) is 14.0 Å². The van der Waals surface area contributed by atoms with Crippen LogP contribution < -0.4 is 14.8 Å². The number of fused-ring (bicyclic) bond motifs is 1. The number of nitrogens with one attached hydrogen (secondary N) is 1. The van der Waals surface area contributed by atoms with E-state index < -0.39 is 48.2 Å². The molecule has 9 nitrogen and oxygen atoms in total. The Kier molecular flexibility index (Phi) is 10.4. The molecule has 2 aromatic rings. The van der Waals surface area contributed by atoms with Crippen molar-refractivity contribution in [3.8, 4) is 11.6 Å². The number of unbranched alkanes of at least 4 members (excludes halogenated alkanes) is 2. The van der Waals surface area contributed by atoms with Crippen LogP contribution >= 0.6 is 0 Å². The van der Waals surface area contributed by atoms with E-state index in [2.05, 4.69) is 10.3 Å². The molecular formula is C35H47F2N3O6. The van der Waals surface area contributed by atoms with Gasteiger partial charge in [0, 0.05) is 22.9 Å². The first kappa shape index (κ1) is 33.9. The lowest BCUT2D eigenvalue weighted by Crippen LogP contribution is -2.57. The molecule has 2 saturated carbocycles. The van der Waals surface area contributed by atoms with E-state index in [0.29, 0.717) is 17.7 Å². The number of aromatic nitrogens is 1. The van der Waals surface area contributed by atoms with Crippen molar-refractivity contribution in [3.05, 3.63) is 29.8 Å². The Balaban J connectivity index is 1.29. The summed E-state index contributed by atoms with van der Waals surface area (Å²) in [6, 6.07) is 5.43. The lowest BCUT2D eigenvalue weighted by Gasteiger charge is -2.35. The molecule has 11 heteroatoms. The van der Waals surface area contributed by atoms with E-state index in [1.165, 1.54) is 11.8 Å². The maximum Gasteiger partial charge on any atom is 0.408 e. The number of benzene rings is 1. The molecular weight excluding hydrogens is 596 g/mol. The normalized spacial score (nSPS) is 24.8. The largest absolute Gasteiger partial charge is 0.490 e. The summed E-state index contributed by atoms with van der Waals surface area (Å²) in [6.07, 6.45) is 4.58. The van der Waals surface area contributed by atoms with Crippen molar-refractivity contribution in [3.63, 3.8) is 0 Å². The van der Waals surface area contributed by atoms with Gasteiger partial charge in [0.15, 0.2) is 5.78 Å². The highest BCUT2D eigenvalue weighted by atomic mass is 19.1. The van der Waals surface area contributed by atoms with E-state index in [1.54, 1.807) is 6.07 Å². The fraction of sp³-hybridized carbons (Fsp3) is 0.657. The number of carbonyl (C=O) groups is 3. The summed E-state index contributed by atoms with van der Waals surface area (Å²) in [5.74, 6) is 0.00547. The van der Waals surface area contributed by atoms with Crippen molar-refractivity contribution in [2.45, 2.75) is 117 Å². The van der Waals surface area contributed by atoms with Gasteiger partial charge in [0.2, 0.25) is 11.8 Å². The van der Waals surface area contributed by atoms with Gasteiger partial charge >= 0.3 is 6.09 Å². The highest BCUT2D eigenvalue weighted by Crippen LogP contribution is 2.39. The molecule has 1 N–H and O–H groups in total. The zero-order valence-corrected chi connectivity index (χ0v) is 27.5. The number of pyridine rings is 1. The Morgan fingerprint density at radius 1 is 1.07 bits per heavy atom. The van der Waals surface area contributed by atoms with Crippen LogP contribution in [0.4, 0.5) is 13.6 Å². The third-order valence-corrected chi connectivity index (χ3v) is 9.26. The van der Waals surface area contributed by atoms with Gasteiger partial charge < -0.3 is 24.4 Å². The van der Waals surface area contributed by atoms with Crippen molar-refractivity contribution < 1.29 is 37.4 Å². The molecule has 0 spiro atoms. The van der Waals surface area contributed by atoms with Gasteiger partial charge in [0.1, 0.15) is 30.7 Å². The van der Waals surface area contributed by atoms with Gasteiger partial charge in [-0.2, -0.15) is 0 Å². The number of ketones is 1. The lowest BCUT2D eigenvalue weighted by atomic mass is 9.85. The van der Waals surface area contributed by atoms with Crippen LogP contribution in [0.1, 0.15) is 85.1 Å². The van der Waals surface area contributed by atoms with Crippen LogP contribution in [0.2, 0.25) is 0 Å². The van der Waals surface area contributed by atoms with Crippen LogP contribution in [0.3, 0.4) is 0 Å². The molecule has 3 fully saturated rings. The van der Waals surface area contributed by atoms with Gasteiger partial charge in [0.25, 0.3) is 0 Å². The highest BCUT2D eigenvalue weighted by molar-refractivity contribution is 5.92. The molecule has 2 aliphatic carbocycles. The molecule has 2 amide bonds. The predicted octanol–water partition coefficient (Wildman–Crippen LogP) is 6.49. The molecule has 5 rings (SSSR count). The molecule has 46 heavy (non-hydrogen) atoms. The summed E-state index contributed by atoms with van der Waals surface area (Å²) < 4.78 is 44.4. The Morgan fingerprint density at radius 3 is 2.48 bits per heavy atom. The van der Waals surface area contributed by atoms with Crippen LogP contribution in [0.15, 0.2) is 24.3 Å². The van der Waals surface area contributed by atoms with Crippen molar-refractivity contribution >= 4 is 28.7 Å². The molecule has 1 aromatic heterocycles. The SMILES string of the molecule is CC(=O)[C@@H]1[C@H](C)[C@@H](Oc2nc3cc(OC4CC4)ccc3cc2CF)CN1C(=O)[C@@H](NC(=O)O[C@@H]1C[C@H]1CCCCCF)C(C)(C)C. The van der Waals surface area contributed by atoms with Gasteiger partial charge in [-0.25, -0.2) is 14.2 Å². The zero-order valence-electron chi connectivity index (χ0n) is 27.5. The Morgan fingerprint density at radius 2 is 1.83 bits per heavy atom. The quantitative estimate of drug-likeness (QED) is 0.235. The minimum absolute atomic E-state index is 0.0629. The number of likely N-dealkylation sites (tertiary alicyclic amines) is 1. The van der Waals surface area contributed by atoms with E-state index in [0.717, 1.165) is 43.9 Å². The summed E-state index contributed by atoms with van der Waals surface area (Å²) in [5, 5.41) is 3.53. The third kappa shape index (κ3) is 8.07. The van der Waals surface area contributed by atoms with Gasteiger partial charge in [-0.1, -0.05) is 40.5 Å². The molecule has 1 aliphatic heterocycles. The minimum atomic E-state index is -0.973. The first-order chi connectivity index (χ1) is 21.9. The molecule has 1 saturated heterocycles. The fourth-order valence-electron chi connectivity index (χ4n) is 6.34. The number of hydrogen-bond acceptors (Lipinski definition) is 7. The average Bonchev–Trinajstić information content (AvgIpc) is 3.93. The number of amides is 2. The number of ether oxygens (including phenoxy) is 3. The van der Waals surface area contributed by atoms with E-state index in [1.807, 2.05) is 45.9 Å². The number of Topliss-reactive ketones (excluding diaryl/α,β-unsaturated/α-hetero) is 1. The monoisotopic (exact) mass is 643 g/mol. The molecule has 3 aliphatic rings. The zero-order chi connectivity index (χ0) is 33.2. The second-order valence-electron chi connectivity index (χ2n) is 14.2. The first-order valence-corrected chi connectivity index (χ1v) is 16.6. The van der Waals surface area contributed by atoms with Gasteiger partial charge in [-0.05, 0) is 68.6 Å². The van der Waals surface area contributed by atoms with Crippen molar-refractivity contribution in [1.82, 2.24) is 15.2 Å². The van der Waals surface area contributed by atoms with Gasteiger partial charge in [-0.15, -0.1) is 0 Å². The van der Waals surface area contributed by atoms with E-state index in [4.69, 9.17) is 14.2 Å². The number of hydrogen-bond donors (Lipinski definition) is 1. The maximum atomic E-state index is 14.2. The molecule has 0 radical (unpaired) electrons. The van der Waals surface area contributed by atoms with Crippen LogP contribution in [0, 0.1) is 17.3 Å². The van der Waals surface area contributed by atoms with E-state index in [9.17, 15) is 23.2 Å². The summed E-state index contributed by atoms with van der Waals surface area (Å²) in [4.78, 5) is 46.1. The summed E-state index contributed by atoms with van der Waals surface area (Å²) in [7, 11) is 0. The summed E-state index contributed by atoms with van der Waals surface area (Å²) in [6.45, 7) is 7.72. The molecule has 252 valence electrons. The number of alkyl carbamates (subject to hydrolysis) is 1. The predicted molar refractivity (Wildman–Crippen MR) is 169 cm³/mol. The van der Waals surface area contributed by atoms with Crippen LogP contribution in [-0.4, -0.2) is 71.3 Å². The standard InChI is InChI=1S/C35H47F2N3O6/c1-20-29(45-32-24(18-37)15-22-10-11-26(17-27(22)38-32)44-25-12-13-25)19-40(30(20)21(2)41)33(42)31(35(3,4)5)39-34(43)46-28-16-23(28)9-7-6-8-14-36/h10-11,15,17,20,23,25,28-31H,6-9,12-14,16,18-19H2,1-5H3,(H,39,43)/t20-,23-,28-,29+,30+,31-/m1/s1. The van der Waals surface area contributed by atoms with E-state index >= 15 is 0 Å². The number of rotatable bonds is 14. The van der Waals surface area contributed by atoms with Crippen molar-refractivity contribution in [1.29, 1.82) is 0 Å². The Labute approximate surface area is 269 Å². The number of carbonyl (C=O) groups excluding carboxylic acids is 3. The lowest BCUT2D eigenvalue weighted by molar-refractivity contribution is -0.141. The molecule has 1 aromatic carbocycles. The minimum Gasteiger partial charge on any atom is -0.490 e. The summed E-state index contributed by atoms with van der Waals surface area (Å²) >= 11 is 0. The van der Waals surface area contributed by atoms with Crippen LogP contribution in [0.25, 0.3) is 10.9 Å². The van der Waals surface area contributed by atoms with E-state index in [-0.39, 0.29) is 48.6 Å². The smallest absolute Gasteiger partial charge is 0.408 e. The van der Waals surface area contributed by atoms with Crippen LogP contribution in [0.5, 0.6) is 11.6 Å². The molecule has 0 unspecified atom stereocenters. The number of halogens is 2. The molecule has 2 heterocycles. The average molecular weight is 644 g/mol. The van der Waals surface area contributed by atoms with Crippen LogP contribution in [-0.2, 0) is 21.0 Å². The topological polar surface area (TPSA) is 107 Å². The number of alkyl halides is 2. The Bertz CT molecular complexity index is 1430. The van der Waals surface area contributed by atoms with Crippen molar-refractivity contribution in [2.75, 3.05) is 13.2 Å². The second-order valence-corrected chi connectivity index (χ2v) is 14.2. The second kappa shape index (κ2) is 14.1. The molecule has 6 atom stereocenters.